The summed E-state index contributed by atoms with van der Waals surface area (Å²) in [4.78, 5) is 17.5. The van der Waals surface area contributed by atoms with Crippen LogP contribution in [-0.4, -0.2) is 39.4 Å². The Morgan fingerprint density at radius 1 is 1.47 bits per heavy atom. The number of aromatic nitrogens is 3. The summed E-state index contributed by atoms with van der Waals surface area (Å²) < 4.78 is 1.69. The van der Waals surface area contributed by atoms with Crippen LogP contribution in [-0.2, 0) is 0 Å². The van der Waals surface area contributed by atoms with Gasteiger partial charge in [0, 0.05) is 11.8 Å². The molecule has 0 spiro atoms. The number of carbonyl (C=O) groups is 1. The Morgan fingerprint density at radius 2 is 2.35 bits per heavy atom. The van der Waals surface area contributed by atoms with Crippen LogP contribution in [0.2, 0.25) is 0 Å². The molecule has 0 amide bonds. The van der Waals surface area contributed by atoms with Crippen molar-refractivity contribution in [3.8, 4) is 0 Å². The van der Waals surface area contributed by atoms with Gasteiger partial charge in [0.25, 0.3) is 0 Å². The number of pyridine rings is 1. The number of nitrogens with zero attached hydrogens (tertiary/aromatic N) is 4. The highest BCUT2D eigenvalue weighted by Gasteiger charge is 2.26. The van der Waals surface area contributed by atoms with Gasteiger partial charge >= 0.3 is 0 Å². The van der Waals surface area contributed by atoms with E-state index in [9.17, 15) is 4.79 Å². The van der Waals surface area contributed by atoms with Gasteiger partial charge in [-0.05, 0) is 38.6 Å². The number of hydrogen-bond donors (Lipinski definition) is 0. The van der Waals surface area contributed by atoms with Gasteiger partial charge in [0.15, 0.2) is 17.8 Å². The molecule has 1 saturated heterocycles. The fourth-order valence-electron chi connectivity index (χ4n) is 2.36. The molecule has 88 valence electrons. The Hall–Kier alpha value is -1.75. The normalized spacial score (nSPS) is 21.1. The summed E-state index contributed by atoms with van der Waals surface area (Å²) >= 11 is 0. The molecule has 0 N–H and O–H groups in total. The third-order valence-corrected chi connectivity index (χ3v) is 3.32. The first-order valence-corrected chi connectivity index (χ1v) is 5.79. The molecule has 2 aromatic rings. The highest BCUT2D eigenvalue weighted by Crippen LogP contribution is 2.28. The van der Waals surface area contributed by atoms with Gasteiger partial charge in [-0.2, -0.15) is 0 Å². The average molecular weight is 230 g/mol. The summed E-state index contributed by atoms with van der Waals surface area (Å²) in [7, 11) is 2.10. The molecule has 1 atom stereocenters. The predicted molar refractivity (Wildman–Crippen MR) is 63.0 cm³/mol. The lowest BCUT2D eigenvalue weighted by atomic mass is 10.2. The van der Waals surface area contributed by atoms with E-state index in [0.717, 1.165) is 30.7 Å². The molecular weight excluding hydrogens is 216 g/mol. The smallest absolute Gasteiger partial charge is 0.168 e. The largest absolute Gasteiger partial charge is 0.298 e. The topological polar surface area (TPSA) is 50.5 Å². The molecular formula is C12H14N4O. The third-order valence-electron chi connectivity index (χ3n) is 3.32. The first kappa shape index (κ1) is 10.4. The monoisotopic (exact) mass is 230 g/mol. The van der Waals surface area contributed by atoms with Gasteiger partial charge in [-0.1, -0.05) is 0 Å². The zero-order valence-corrected chi connectivity index (χ0v) is 9.71. The van der Waals surface area contributed by atoms with E-state index < -0.39 is 0 Å². The van der Waals surface area contributed by atoms with Crippen LogP contribution < -0.4 is 0 Å². The zero-order chi connectivity index (χ0) is 11.8. The fourth-order valence-corrected chi connectivity index (χ4v) is 2.36. The molecule has 1 aliphatic rings. The van der Waals surface area contributed by atoms with Crippen molar-refractivity contribution in [3.63, 3.8) is 0 Å². The molecule has 5 nitrogen and oxygen atoms in total. The van der Waals surface area contributed by atoms with Gasteiger partial charge in [-0.15, -0.1) is 5.10 Å². The van der Waals surface area contributed by atoms with Crippen LogP contribution in [0.4, 0.5) is 0 Å². The van der Waals surface area contributed by atoms with Gasteiger partial charge in [0.05, 0.1) is 6.04 Å². The highest BCUT2D eigenvalue weighted by molar-refractivity contribution is 5.74. The van der Waals surface area contributed by atoms with Crippen molar-refractivity contribution in [2.24, 2.45) is 0 Å². The molecule has 3 rings (SSSR count). The fraction of sp³-hybridized carbons (Fsp3) is 0.417. The van der Waals surface area contributed by atoms with E-state index in [1.54, 1.807) is 16.8 Å². The van der Waals surface area contributed by atoms with Gasteiger partial charge < -0.3 is 0 Å². The van der Waals surface area contributed by atoms with Crippen molar-refractivity contribution in [1.82, 2.24) is 19.5 Å². The van der Waals surface area contributed by atoms with E-state index in [4.69, 9.17) is 0 Å². The van der Waals surface area contributed by atoms with Crippen molar-refractivity contribution in [3.05, 3.63) is 29.7 Å². The third kappa shape index (κ3) is 1.72. The van der Waals surface area contributed by atoms with E-state index in [1.165, 1.54) is 6.42 Å². The van der Waals surface area contributed by atoms with Gasteiger partial charge in [-0.3, -0.25) is 9.69 Å². The molecule has 1 fully saturated rings. The van der Waals surface area contributed by atoms with Crippen LogP contribution in [0, 0.1) is 0 Å². The van der Waals surface area contributed by atoms with Crippen molar-refractivity contribution >= 4 is 11.9 Å². The van der Waals surface area contributed by atoms with Gasteiger partial charge in [0.2, 0.25) is 0 Å². The standard InChI is InChI=1S/C12H14N4O/c1-15-6-2-3-10(15)12-13-11-5-4-9(8-17)7-16(11)14-12/h4-5,7-8,10H,2-3,6H2,1H3. The number of likely N-dealkylation sites (tertiary alicyclic amines) is 1. The quantitative estimate of drug-likeness (QED) is 0.730. The maximum Gasteiger partial charge on any atom is 0.168 e. The van der Waals surface area contributed by atoms with E-state index in [2.05, 4.69) is 22.0 Å². The van der Waals surface area contributed by atoms with E-state index in [0.29, 0.717) is 11.6 Å². The summed E-state index contributed by atoms with van der Waals surface area (Å²) in [5, 5.41) is 4.46. The minimum atomic E-state index is 0.314. The molecule has 3 heterocycles. The Morgan fingerprint density at radius 3 is 3.06 bits per heavy atom. The van der Waals surface area contributed by atoms with Crippen molar-refractivity contribution in [1.29, 1.82) is 0 Å². The van der Waals surface area contributed by atoms with Crippen LogP contribution in [0.15, 0.2) is 18.3 Å². The summed E-state index contributed by atoms with van der Waals surface area (Å²) in [5.74, 6) is 0.855. The lowest BCUT2D eigenvalue weighted by Crippen LogP contribution is -2.18. The molecule has 0 aromatic carbocycles. The summed E-state index contributed by atoms with van der Waals surface area (Å²) in [6, 6.07) is 3.91. The molecule has 1 unspecified atom stereocenters. The van der Waals surface area contributed by atoms with Crippen molar-refractivity contribution < 1.29 is 4.79 Å². The molecule has 0 bridgehead atoms. The van der Waals surface area contributed by atoms with Gasteiger partial charge in [-0.25, -0.2) is 9.50 Å². The molecule has 17 heavy (non-hydrogen) atoms. The highest BCUT2D eigenvalue weighted by atomic mass is 16.1. The molecule has 0 radical (unpaired) electrons. The number of hydrogen-bond acceptors (Lipinski definition) is 4. The summed E-state index contributed by atoms with van der Waals surface area (Å²) in [6.07, 6.45) is 4.83. The van der Waals surface area contributed by atoms with Crippen LogP contribution in [0.3, 0.4) is 0 Å². The SMILES string of the molecule is CN1CCCC1c1nc2ccc(C=O)cn2n1. The minimum Gasteiger partial charge on any atom is -0.298 e. The number of carbonyl (C=O) groups excluding carboxylic acids is 1. The maximum atomic E-state index is 10.7. The van der Waals surface area contributed by atoms with Crippen molar-refractivity contribution in [2.45, 2.75) is 18.9 Å². The van der Waals surface area contributed by atoms with Crippen LogP contribution >= 0.6 is 0 Å². The number of rotatable bonds is 2. The molecule has 0 aliphatic carbocycles. The van der Waals surface area contributed by atoms with Crippen LogP contribution in [0.5, 0.6) is 0 Å². The summed E-state index contributed by atoms with van der Waals surface area (Å²) in [5.41, 5.74) is 1.42. The molecule has 0 saturated carbocycles. The number of aldehydes is 1. The first-order valence-electron chi connectivity index (χ1n) is 5.79. The van der Waals surface area contributed by atoms with Crippen molar-refractivity contribution in [2.75, 3.05) is 13.6 Å². The first-order chi connectivity index (χ1) is 8.28. The lowest BCUT2D eigenvalue weighted by molar-refractivity contribution is 0.112. The maximum absolute atomic E-state index is 10.7. The molecule has 2 aromatic heterocycles. The Balaban J connectivity index is 2.04. The second-order valence-electron chi connectivity index (χ2n) is 4.49. The summed E-state index contributed by atoms with van der Waals surface area (Å²) in [6.45, 7) is 1.10. The Bertz CT molecular complexity index is 563. The Labute approximate surface area is 99.1 Å². The van der Waals surface area contributed by atoms with Crippen LogP contribution in [0.1, 0.15) is 35.1 Å². The second-order valence-corrected chi connectivity index (χ2v) is 4.49. The predicted octanol–water partition coefficient (Wildman–Crippen LogP) is 1.31. The van der Waals surface area contributed by atoms with Gasteiger partial charge in [0.1, 0.15) is 0 Å². The second kappa shape index (κ2) is 3.92. The minimum absolute atomic E-state index is 0.314. The van der Waals surface area contributed by atoms with Crippen LogP contribution in [0.25, 0.3) is 5.65 Å². The molecule has 5 heteroatoms. The zero-order valence-electron chi connectivity index (χ0n) is 9.71. The average Bonchev–Trinajstić information content (AvgIpc) is 2.93. The van der Waals surface area contributed by atoms with E-state index in [-0.39, 0.29) is 0 Å². The molecule has 1 aliphatic heterocycles. The number of fused-ring (bicyclic) bond motifs is 1. The van der Waals surface area contributed by atoms with E-state index >= 15 is 0 Å². The van der Waals surface area contributed by atoms with E-state index in [1.807, 2.05) is 6.07 Å². The Kier molecular flexibility index (Phi) is 2.40. The lowest BCUT2D eigenvalue weighted by Gasteiger charge is -2.15.